The van der Waals surface area contributed by atoms with Gasteiger partial charge in [-0.2, -0.15) is 0 Å². The van der Waals surface area contributed by atoms with Gasteiger partial charge in [-0.05, 0) is 55.8 Å². The van der Waals surface area contributed by atoms with E-state index in [2.05, 4.69) is 0 Å². The average molecular weight is 431 g/mol. The third-order valence-electron chi connectivity index (χ3n) is 5.56. The molecule has 5 nitrogen and oxygen atoms in total. The van der Waals surface area contributed by atoms with Crippen LogP contribution in [0.2, 0.25) is 0 Å². The zero-order valence-corrected chi connectivity index (χ0v) is 17.7. The highest BCUT2D eigenvalue weighted by molar-refractivity contribution is 6.49. The molecule has 2 atom stereocenters. The van der Waals surface area contributed by atoms with E-state index in [4.69, 9.17) is 4.74 Å². The van der Waals surface area contributed by atoms with E-state index < -0.39 is 35.3 Å². The van der Waals surface area contributed by atoms with Crippen molar-refractivity contribution in [3.05, 3.63) is 95.3 Å². The summed E-state index contributed by atoms with van der Waals surface area (Å²) in [7, 11) is 0. The average Bonchev–Trinajstić information content (AvgIpc) is 3.06. The Morgan fingerprint density at radius 3 is 2.16 bits per heavy atom. The van der Waals surface area contributed by atoms with Crippen LogP contribution in [-0.4, -0.2) is 24.1 Å². The van der Waals surface area contributed by atoms with Crippen LogP contribution in [0.3, 0.4) is 0 Å². The van der Waals surface area contributed by atoms with Gasteiger partial charge in [0.05, 0.1) is 12.6 Å². The first-order valence-electron chi connectivity index (χ1n) is 10.4. The predicted molar refractivity (Wildman–Crippen MR) is 118 cm³/mol. The number of benzene rings is 3. The lowest BCUT2D eigenvalue weighted by Gasteiger charge is -2.27. The fourth-order valence-corrected chi connectivity index (χ4v) is 3.98. The number of nitrogens with zero attached hydrogens (tertiary/aromatic N) is 1. The highest BCUT2D eigenvalue weighted by Gasteiger charge is 2.52. The summed E-state index contributed by atoms with van der Waals surface area (Å²) < 4.78 is 19.1. The van der Waals surface area contributed by atoms with Gasteiger partial charge in [0.15, 0.2) is 5.78 Å². The first kappa shape index (κ1) is 21.4. The van der Waals surface area contributed by atoms with Gasteiger partial charge in [0, 0.05) is 11.3 Å². The van der Waals surface area contributed by atoms with E-state index in [1.807, 2.05) is 13.8 Å². The van der Waals surface area contributed by atoms with Gasteiger partial charge < -0.3 is 4.74 Å². The smallest absolute Gasteiger partial charge is 0.295 e. The number of hydrogen-bond donors (Lipinski definition) is 0. The number of rotatable bonds is 6. The highest BCUT2D eigenvalue weighted by atomic mass is 19.1. The van der Waals surface area contributed by atoms with Gasteiger partial charge in [-0.3, -0.25) is 19.3 Å². The van der Waals surface area contributed by atoms with Crippen LogP contribution in [0, 0.1) is 18.7 Å². The van der Waals surface area contributed by atoms with Crippen LogP contribution >= 0.6 is 0 Å². The Hall–Kier alpha value is -3.80. The molecule has 2 unspecified atom stereocenters. The largest absolute Gasteiger partial charge is 0.494 e. The van der Waals surface area contributed by atoms with E-state index >= 15 is 0 Å². The zero-order chi connectivity index (χ0) is 22.8. The molecule has 3 aromatic rings. The lowest BCUT2D eigenvalue weighted by Crippen LogP contribution is -2.30. The van der Waals surface area contributed by atoms with Crippen molar-refractivity contribution >= 4 is 23.2 Å². The van der Waals surface area contributed by atoms with E-state index in [1.54, 1.807) is 48.5 Å². The van der Waals surface area contributed by atoms with E-state index in [9.17, 15) is 18.8 Å². The van der Waals surface area contributed by atoms with E-state index in [0.717, 1.165) is 5.56 Å². The number of aryl methyl sites for hydroxylation is 1. The van der Waals surface area contributed by atoms with Crippen molar-refractivity contribution in [2.45, 2.75) is 19.9 Å². The number of carbonyl (C=O) groups is 3. The maximum Gasteiger partial charge on any atom is 0.295 e. The van der Waals surface area contributed by atoms with Crippen molar-refractivity contribution in [1.82, 2.24) is 0 Å². The Morgan fingerprint density at radius 1 is 0.938 bits per heavy atom. The molecule has 4 rings (SSSR count). The fraction of sp³-hybridized carbons (Fsp3) is 0.192. The minimum absolute atomic E-state index is 0.349. The number of hydrogen-bond acceptors (Lipinski definition) is 4. The minimum Gasteiger partial charge on any atom is -0.494 e. The molecule has 1 saturated heterocycles. The summed E-state index contributed by atoms with van der Waals surface area (Å²) in [6.07, 6.45) is 0. The van der Waals surface area contributed by atoms with Crippen molar-refractivity contribution in [2.75, 3.05) is 11.5 Å². The van der Waals surface area contributed by atoms with Crippen LogP contribution in [-0.2, 0) is 9.59 Å². The molecule has 0 radical (unpaired) electrons. The van der Waals surface area contributed by atoms with Gasteiger partial charge in [0.1, 0.15) is 17.5 Å². The molecule has 0 bridgehead atoms. The number of anilines is 1. The van der Waals surface area contributed by atoms with Crippen LogP contribution in [0.4, 0.5) is 10.1 Å². The highest BCUT2D eigenvalue weighted by Crippen LogP contribution is 2.41. The summed E-state index contributed by atoms with van der Waals surface area (Å²) in [5, 5.41) is 0. The Balaban J connectivity index is 1.80. The maximum absolute atomic E-state index is 13.6. The number of ketones is 2. The van der Waals surface area contributed by atoms with Crippen LogP contribution < -0.4 is 9.64 Å². The molecule has 1 fully saturated rings. The van der Waals surface area contributed by atoms with E-state index in [0.29, 0.717) is 29.2 Å². The Labute approximate surface area is 185 Å². The van der Waals surface area contributed by atoms with E-state index in [-0.39, 0.29) is 0 Å². The third kappa shape index (κ3) is 3.91. The molecular weight excluding hydrogens is 409 g/mol. The summed E-state index contributed by atoms with van der Waals surface area (Å²) in [5.41, 5.74) is 2.29. The summed E-state index contributed by atoms with van der Waals surface area (Å²) in [5.74, 6) is -3.04. The van der Waals surface area contributed by atoms with Crippen molar-refractivity contribution < 1.29 is 23.5 Å². The zero-order valence-electron chi connectivity index (χ0n) is 17.7. The summed E-state index contributed by atoms with van der Waals surface area (Å²) in [6, 6.07) is 18.2. The van der Waals surface area contributed by atoms with Crippen LogP contribution in [0.25, 0.3) is 0 Å². The molecule has 1 amide bonds. The second kappa shape index (κ2) is 8.75. The standard InChI is InChI=1S/C26H22FNO4/c1-3-32-21-14-12-20(13-15-21)28-23(17-8-10-19(27)11-9-17)22(25(30)26(28)31)24(29)18-6-4-16(2)5-7-18/h4-15,22-23H,3H2,1-2H3. The molecule has 1 heterocycles. The lowest BCUT2D eigenvalue weighted by atomic mass is 9.86. The van der Waals surface area contributed by atoms with Gasteiger partial charge in [0.25, 0.3) is 5.91 Å². The first-order chi connectivity index (χ1) is 15.4. The number of amides is 1. The van der Waals surface area contributed by atoms with Crippen molar-refractivity contribution in [1.29, 1.82) is 0 Å². The molecule has 3 aromatic carbocycles. The molecule has 0 spiro atoms. The molecule has 162 valence electrons. The number of ether oxygens (including phenoxy) is 1. The molecular formula is C26H22FNO4. The van der Waals surface area contributed by atoms with Gasteiger partial charge in [-0.15, -0.1) is 0 Å². The van der Waals surface area contributed by atoms with Gasteiger partial charge in [0.2, 0.25) is 5.78 Å². The number of carbonyl (C=O) groups excluding carboxylic acids is 3. The monoisotopic (exact) mass is 431 g/mol. The van der Waals surface area contributed by atoms with Gasteiger partial charge in [-0.1, -0.05) is 42.0 Å². The molecule has 1 aliphatic heterocycles. The van der Waals surface area contributed by atoms with Crippen molar-refractivity contribution in [2.24, 2.45) is 5.92 Å². The number of halogens is 1. The molecule has 32 heavy (non-hydrogen) atoms. The number of Topliss-reactive ketones (excluding diaryl/α,β-unsaturated/α-hetero) is 2. The quantitative estimate of drug-likeness (QED) is 0.323. The second-order valence-corrected chi connectivity index (χ2v) is 7.67. The Bertz CT molecular complexity index is 1150. The third-order valence-corrected chi connectivity index (χ3v) is 5.56. The molecule has 0 aromatic heterocycles. The van der Waals surface area contributed by atoms with Gasteiger partial charge in [-0.25, -0.2) is 4.39 Å². The predicted octanol–water partition coefficient (Wildman–Crippen LogP) is 4.69. The Kier molecular flexibility index (Phi) is 5.86. The molecule has 0 N–H and O–H groups in total. The first-order valence-corrected chi connectivity index (χ1v) is 10.4. The molecule has 6 heteroatoms. The second-order valence-electron chi connectivity index (χ2n) is 7.67. The van der Waals surface area contributed by atoms with Crippen molar-refractivity contribution in [3.8, 4) is 5.75 Å². The van der Waals surface area contributed by atoms with Crippen LogP contribution in [0.15, 0.2) is 72.8 Å². The fourth-order valence-electron chi connectivity index (χ4n) is 3.98. The molecule has 0 saturated carbocycles. The van der Waals surface area contributed by atoms with Crippen molar-refractivity contribution in [3.63, 3.8) is 0 Å². The van der Waals surface area contributed by atoms with Crippen LogP contribution in [0.1, 0.15) is 34.5 Å². The van der Waals surface area contributed by atoms with E-state index in [1.165, 1.54) is 29.2 Å². The SMILES string of the molecule is CCOc1ccc(N2C(=O)C(=O)C(C(=O)c3ccc(C)cc3)C2c2ccc(F)cc2)cc1. The summed E-state index contributed by atoms with van der Waals surface area (Å²) in [4.78, 5) is 40.9. The molecule has 0 aliphatic carbocycles. The Morgan fingerprint density at radius 2 is 1.56 bits per heavy atom. The summed E-state index contributed by atoms with van der Waals surface area (Å²) >= 11 is 0. The normalized spacial score (nSPS) is 18.2. The van der Waals surface area contributed by atoms with Crippen LogP contribution in [0.5, 0.6) is 5.75 Å². The van der Waals surface area contributed by atoms with Gasteiger partial charge >= 0.3 is 0 Å². The molecule has 1 aliphatic rings. The topological polar surface area (TPSA) is 63.7 Å². The maximum atomic E-state index is 13.6. The minimum atomic E-state index is -1.23. The lowest BCUT2D eigenvalue weighted by molar-refractivity contribution is -0.135. The summed E-state index contributed by atoms with van der Waals surface area (Å²) in [6.45, 7) is 4.25.